The van der Waals surface area contributed by atoms with E-state index in [1.54, 1.807) is 27.7 Å². The standard InChI is InChI=1S/C42H52F2N6O8S/c1-24(2)33-38(52)50-23-27(21-32(50)36(51)48-42(22-29(42)35(43)44)39(53)49-59(55,56)28-16-17-28)57-37-34(26-13-9-7-10-14-26)45-30-18-15-25(20-31(30)46-37)12-8-5-6-11-19-41(3,4)58-40(54)47-33/h7,9-10,13-15,18,20,24,27-29,32-33,35H,5-6,8,11-12,16-17,19,21-23H2,1-4H3,(H,47,54)(H,48,51)(H,49,53)/t27-,29+,32+,33+,42+/m1/s1. The number of alkyl carbamates (subject to hydrolysis) is 1. The molecule has 0 unspecified atom stereocenters. The van der Waals surface area contributed by atoms with Crippen molar-refractivity contribution in [3.8, 4) is 17.1 Å². The van der Waals surface area contributed by atoms with E-state index in [0.29, 0.717) is 41.6 Å². The van der Waals surface area contributed by atoms with Gasteiger partial charge in [0.1, 0.15) is 35.0 Å². The predicted octanol–water partition coefficient (Wildman–Crippen LogP) is 5.43. The van der Waals surface area contributed by atoms with Crippen LogP contribution < -0.4 is 20.1 Å². The highest BCUT2D eigenvalue weighted by Crippen LogP contribution is 2.48. The normalized spacial score (nSPS) is 26.5. The number of fused-ring (bicyclic) bond motifs is 4. The highest BCUT2D eigenvalue weighted by molar-refractivity contribution is 7.91. The van der Waals surface area contributed by atoms with Crippen molar-refractivity contribution in [3.63, 3.8) is 0 Å². The average molecular weight is 839 g/mol. The van der Waals surface area contributed by atoms with Gasteiger partial charge in [-0.1, -0.05) is 63.1 Å². The number of hydrogen-bond donors (Lipinski definition) is 3. The lowest BCUT2D eigenvalue weighted by Gasteiger charge is -2.32. The Balaban J connectivity index is 1.25. The van der Waals surface area contributed by atoms with E-state index < -0.39 is 93.1 Å². The Hall–Kier alpha value is -4.93. The first-order chi connectivity index (χ1) is 28.0. The van der Waals surface area contributed by atoms with Crippen LogP contribution in [0.25, 0.3) is 22.3 Å². The third kappa shape index (κ3) is 9.44. The van der Waals surface area contributed by atoms with Crippen LogP contribution in [0.5, 0.6) is 5.88 Å². The number of alkyl halides is 2. The number of carbonyl (C=O) groups excluding carboxylic acids is 4. The minimum absolute atomic E-state index is 0.149. The van der Waals surface area contributed by atoms with Crippen LogP contribution in [0.2, 0.25) is 0 Å². The minimum Gasteiger partial charge on any atom is -0.471 e. The quantitative estimate of drug-likeness (QED) is 0.264. The van der Waals surface area contributed by atoms with Crippen LogP contribution in [0.3, 0.4) is 0 Å². The lowest BCUT2D eigenvalue weighted by molar-refractivity contribution is -0.142. The number of aryl methyl sites for hydroxylation is 1. The lowest BCUT2D eigenvalue weighted by atomic mass is 9.98. The topological polar surface area (TPSA) is 186 Å². The molecule has 1 aromatic heterocycles. The summed E-state index contributed by atoms with van der Waals surface area (Å²) in [5.41, 5.74) is 0.352. The maximum atomic E-state index is 14.6. The van der Waals surface area contributed by atoms with Crippen molar-refractivity contribution in [3.05, 3.63) is 54.1 Å². The Labute approximate surface area is 342 Å². The summed E-state index contributed by atoms with van der Waals surface area (Å²) in [5, 5.41) is 4.33. The molecule has 4 aliphatic rings. The van der Waals surface area contributed by atoms with E-state index in [9.17, 15) is 36.4 Å². The number of nitrogens with one attached hydrogen (secondary N) is 3. The van der Waals surface area contributed by atoms with Crippen molar-refractivity contribution in [1.29, 1.82) is 0 Å². The molecule has 3 fully saturated rings. The largest absolute Gasteiger partial charge is 0.471 e. The predicted molar refractivity (Wildman–Crippen MR) is 214 cm³/mol. The summed E-state index contributed by atoms with van der Waals surface area (Å²) in [6.07, 6.45) is 0.244. The second kappa shape index (κ2) is 16.6. The third-order valence-corrected chi connectivity index (χ3v) is 13.5. The van der Waals surface area contributed by atoms with Gasteiger partial charge in [0.25, 0.3) is 5.91 Å². The molecule has 14 nitrogen and oxygen atoms in total. The van der Waals surface area contributed by atoms with Crippen molar-refractivity contribution < 1.29 is 45.9 Å². The van der Waals surface area contributed by atoms with Gasteiger partial charge in [-0.15, -0.1) is 0 Å². The van der Waals surface area contributed by atoms with E-state index in [1.165, 1.54) is 4.90 Å². The van der Waals surface area contributed by atoms with E-state index >= 15 is 0 Å². The first-order valence-corrected chi connectivity index (χ1v) is 22.0. The van der Waals surface area contributed by atoms with Gasteiger partial charge < -0.3 is 25.0 Å². The summed E-state index contributed by atoms with van der Waals surface area (Å²) in [4.78, 5) is 66.9. The van der Waals surface area contributed by atoms with E-state index in [4.69, 9.17) is 19.4 Å². The number of benzene rings is 2. The monoisotopic (exact) mass is 838 g/mol. The minimum atomic E-state index is -4.14. The zero-order chi connectivity index (χ0) is 42.3. The molecule has 59 heavy (non-hydrogen) atoms. The third-order valence-electron chi connectivity index (χ3n) is 11.7. The molecule has 2 aliphatic carbocycles. The average Bonchev–Trinajstić information content (AvgIpc) is 4.11. The van der Waals surface area contributed by atoms with Crippen molar-refractivity contribution in [1.82, 2.24) is 30.2 Å². The number of sulfonamides is 1. The van der Waals surface area contributed by atoms with Gasteiger partial charge in [0, 0.05) is 12.0 Å². The van der Waals surface area contributed by atoms with E-state index in [0.717, 1.165) is 37.7 Å². The van der Waals surface area contributed by atoms with Gasteiger partial charge in [-0.25, -0.2) is 32.0 Å². The Morgan fingerprint density at radius 3 is 2.39 bits per heavy atom. The zero-order valence-corrected chi connectivity index (χ0v) is 34.5. The van der Waals surface area contributed by atoms with E-state index in [1.807, 2.05) is 53.3 Å². The van der Waals surface area contributed by atoms with Crippen molar-refractivity contribution in [2.75, 3.05) is 6.54 Å². The molecule has 2 aliphatic heterocycles. The summed E-state index contributed by atoms with van der Waals surface area (Å²) >= 11 is 0. The molecule has 3 N–H and O–H groups in total. The van der Waals surface area contributed by atoms with Gasteiger partial charge in [0.05, 0.1) is 28.7 Å². The number of cyclic esters (lactones) is 1. The summed E-state index contributed by atoms with van der Waals surface area (Å²) < 4.78 is 68.2. The van der Waals surface area contributed by atoms with Crippen LogP contribution in [0.1, 0.15) is 91.0 Å². The van der Waals surface area contributed by atoms with Gasteiger partial charge in [-0.2, -0.15) is 0 Å². The zero-order valence-electron chi connectivity index (χ0n) is 33.7. The Kier molecular flexibility index (Phi) is 11.9. The summed E-state index contributed by atoms with van der Waals surface area (Å²) in [6, 6.07) is 12.6. The Bertz CT molecular complexity index is 2200. The second-order valence-corrected chi connectivity index (χ2v) is 19.2. The van der Waals surface area contributed by atoms with Gasteiger partial charge in [-0.3, -0.25) is 19.1 Å². The highest BCUT2D eigenvalue weighted by atomic mass is 32.2. The summed E-state index contributed by atoms with van der Waals surface area (Å²) in [6.45, 7) is 6.85. The SMILES string of the molecule is CC(C)[C@@H]1NC(=O)OC(C)(C)CCCCCCc2ccc3nc(-c4ccccc4)c(nc3c2)O[C@@H]2C[C@@H](C(=O)N[C@@]3(C(=O)NS(=O)(=O)C4CC4)C[C@H]3C(F)F)N(C2)C1=O. The number of halogens is 2. The molecule has 7 rings (SSSR count). The first-order valence-electron chi connectivity index (χ1n) is 20.5. The van der Waals surface area contributed by atoms with Crippen molar-refractivity contribution >= 4 is 44.9 Å². The van der Waals surface area contributed by atoms with Crippen molar-refractivity contribution in [2.24, 2.45) is 11.8 Å². The molecule has 3 aromatic rings. The number of hydrogen-bond acceptors (Lipinski definition) is 10. The molecular formula is C42H52F2N6O8S. The number of rotatable bonds is 8. The molecule has 5 atom stereocenters. The molecule has 2 aromatic carbocycles. The second-order valence-electron chi connectivity index (χ2n) is 17.3. The number of amides is 4. The van der Waals surface area contributed by atoms with Gasteiger partial charge in [0.15, 0.2) is 0 Å². The number of carbonyl (C=O) groups is 4. The maximum Gasteiger partial charge on any atom is 0.408 e. The molecule has 3 heterocycles. The van der Waals surface area contributed by atoms with Crippen molar-refractivity contribution in [2.45, 2.75) is 133 Å². The molecule has 4 amide bonds. The van der Waals surface area contributed by atoms with Crippen LogP contribution in [0.4, 0.5) is 13.6 Å². The fraction of sp³-hybridized carbons (Fsp3) is 0.571. The number of ether oxygens (including phenoxy) is 2. The molecule has 17 heteroatoms. The van der Waals surface area contributed by atoms with Gasteiger partial charge in [0.2, 0.25) is 34.1 Å². The van der Waals surface area contributed by atoms with Crippen LogP contribution in [-0.2, 0) is 35.6 Å². The van der Waals surface area contributed by atoms with Crippen LogP contribution in [0.15, 0.2) is 48.5 Å². The summed E-state index contributed by atoms with van der Waals surface area (Å²) in [5.74, 6) is -4.88. The van der Waals surface area contributed by atoms with Gasteiger partial charge in [-0.05, 0) is 82.4 Å². The van der Waals surface area contributed by atoms with Crippen LogP contribution in [0, 0.1) is 11.8 Å². The fourth-order valence-electron chi connectivity index (χ4n) is 8.06. The Morgan fingerprint density at radius 1 is 0.983 bits per heavy atom. The molecule has 0 radical (unpaired) electrons. The molecule has 318 valence electrons. The molecule has 1 saturated heterocycles. The maximum absolute atomic E-state index is 14.6. The number of aromatic nitrogens is 2. The lowest BCUT2D eigenvalue weighted by Crippen LogP contribution is -2.59. The number of nitrogens with zero attached hydrogens (tertiary/aromatic N) is 3. The van der Waals surface area contributed by atoms with Crippen LogP contribution >= 0.6 is 0 Å². The van der Waals surface area contributed by atoms with E-state index in [-0.39, 0.29) is 18.8 Å². The Morgan fingerprint density at radius 2 is 1.71 bits per heavy atom. The first kappa shape index (κ1) is 42.2. The molecule has 0 spiro atoms. The van der Waals surface area contributed by atoms with E-state index in [2.05, 4.69) is 10.6 Å². The summed E-state index contributed by atoms with van der Waals surface area (Å²) in [7, 11) is -4.14. The highest BCUT2D eigenvalue weighted by Gasteiger charge is 2.66. The molecule has 5 bridgehead atoms. The fourth-order valence-corrected chi connectivity index (χ4v) is 9.42. The van der Waals surface area contributed by atoms with Crippen LogP contribution in [-0.4, -0.2) is 94.6 Å². The smallest absolute Gasteiger partial charge is 0.408 e. The molecular weight excluding hydrogens is 787 g/mol. The molecule has 2 saturated carbocycles. The van der Waals surface area contributed by atoms with Gasteiger partial charge >= 0.3 is 6.09 Å².